The van der Waals surface area contributed by atoms with Crippen LogP contribution >= 0.6 is 0 Å². The van der Waals surface area contributed by atoms with E-state index in [4.69, 9.17) is 0 Å². The fourth-order valence-electron chi connectivity index (χ4n) is 3.12. The van der Waals surface area contributed by atoms with Crippen LogP contribution in [0, 0.1) is 5.41 Å². The number of piperidine rings is 1. The van der Waals surface area contributed by atoms with E-state index in [-0.39, 0.29) is 5.41 Å². The quantitative estimate of drug-likeness (QED) is 0.916. The lowest BCUT2D eigenvalue weighted by Crippen LogP contribution is -2.40. The van der Waals surface area contributed by atoms with Crippen molar-refractivity contribution in [3.8, 4) is 0 Å². The zero-order chi connectivity index (χ0) is 15.0. The van der Waals surface area contributed by atoms with Gasteiger partial charge in [-0.15, -0.1) is 0 Å². The molecule has 0 amide bonds. The maximum atomic E-state index is 11.5. The zero-order valence-corrected chi connectivity index (χ0v) is 12.5. The molecule has 1 aromatic carbocycles. The summed E-state index contributed by atoms with van der Waals surface area (Å²) in [4.78, 5) is 18.4. The first kappa shape index (κ1) is 13.9. The summed E-state index contributed by atoms with van der Waals surface area (Å²) in [6, 6.07) is 9.15. The molecule has 1 aliphatic heterocycles. The molecule has 0 radical (unpaired) electrons. The molecule has 3 rings (SSSR count). The lowest BCUT2D eigenvalue weighted by molar-refractivity contribution is 0.0699. The van der Waals surface area contributed by atoms with E-state index in [2.05, 4.69) is 23.7 Å². The molecule has 110 valence electrons. The monoisotopic (exact) mass is 284 g/mol. The summed E-state index contributed by atoms with van der Waals surface area (Å²) in [5.74, 6) is -0.120. The van der Waals surface area contributed by atoms with Crippen molar-refractivity contribution in [3.63, 3.8) is 0 Å². The van der Waals surface area contributed by atoms with Crippen LogP contribution in [0.15, 0.2) is 30.3 Å². The molecule has 0 atom stereocenters. The maximum absolute atomic E-state index is 11.5. The van der Waals surface area contributed by atoms with Gasteiger partial charge in [-0.1, -0.05) is 32.0 Å². The van der Waals surface area contributed by atoms with Crippen molar-refractivity contribution >= 4 is 22.7 Å². The average molecular weight is 284 g/mol. The minimum Gasteiger partial charge on any atom is -0.478 e. The van der Waals surface area contributed by atoms with Gasteiger partial charge < -0.3 is 10.0 Å². The Balaban J connectivity index is 2.09. The second-order valence-corrected chi connectivity index (χ2v) is 6.54. The van der Waals surface area contributed by atoms with Crippen molar-refractivity contribution < 1.29 is 9.90 Å². The number of carbonyl (C=O) groups is 1. The van der Waals surface area contributed by atoms with Gasteiger partial charge in [0.1, 0.15) is 5.82 Å². The van der Waals surface area contributed by atoms with Gasteiger partial charge >= 0.3 is 5.97 Å². The summed E-state index contributed by atoms with van der Waals surface area (Å²) in [5.41, 5.74) is 1.32. The molecule has 1 fully saturated rings. The fourth-order valence-corrected chi connectivity index (χ4v) is 3.12. The summed E-state index contributed by atoms with van der Waals surface area (Å²) < 4.78 is 0. The van der Waals surface area contributed by atoms with Crippen molar-refractivity contribution in [3.05, 3.63) is 35.9 Å². The Kier molecular flexibility index (Phi) is 3.32. The SMILES string of the molecule is CC1(C)CCCN(c2cc(C(=O)O)c3ccccc3n2)C1. The van der Waals surface area contributed by atoms with Crippen LogP contribution in [-0.2, 0) is 0 Å². The molecule has 21 heavy (non-hydrogen) atoms. The number of aromatic carboxylic acids is 1. The Bertz CT molecular complexity index is 694. The predicted molar refractivity (Wildman–Crippen MR) is 83.9 cm³/mol. The van der Waals surface area contributed by atoms with E-state index in [1.165, 1.54) is 6.42 Å². The Morgan fingerprint density at radius 1 is 1.33 bits per heavy atom. The van der Waals surface area contributed by atoms with Crippen LogP contribution in [0.5, 0.6) is 0 Å². The highest BCUT2D eigenvalue weighted by atomic mass is 16.4. The first-order valence-corrected chi connectivity index (χ1v) is 7.34. The normalized spacial score (nSPS) is 17.9. The predicted octanol–water partition coefficient (Wildman–Crippen LogP) is 3.56. The van der Waals surface area contributed by atoms with E-state index in [0.29, 0.717) is 10.9 Å². The third-order valence-electron chi connectivity index (χ3n) is 4.16. The number of anilines is 1. The van der Waals surface area contributed by atoms with E-state index >= 15 is 0 Å². The van der Waals surface area contributed by atoms with Crippen molar-refractivity contribution in [2.45, 2.75) is 26.7 Å². The number of para-hydroxylation sites is 1. The maximum Gasteiger partial charge on any atom is 0.336 e. The van der Waals surface area contributed by atoms with Crippen molar-refractivity contribution in [2.75, 3.05) is 18.0 Å². The standard InChI is InChI=1S/C17H20N2O2/c1-17(2)8-5-9-19(11-17)15-10-13(16(20)21)12-6-3-4-7-14(12)18-15/h3-4,6-7,10H,5,8-9,11H2,1-2H3,(H,20,21). The highest BCUT2D eigenvalue weighted by molar-refractivity contribution is 6.03. The largest absolute Gasteiger partial charge is 0.478 e. The molecular weight excluding hydrogens is 264 g/mol. The molecule has 0 aliphatic carbocycles. The van der Waals surface area contributed by atoms with Crippen molar-refractivity contribution in [1.29, 1.82) is 0 Å². The number of nitrogens with zero attached hydrogens (tertiary/aromatic N) is 2. The highest BCUT2D eigenvalue weighted by Crippen LogP contribution is 2.32. The van der Waals surface area contributed by atoms with Gasteiger partial charge in [0.2, 0.25) is 0 Å². The molecule has 4 nitrogen and oxygen atoms in total. The van der Waals surface area contributed by atoms with Crippen molar-refractivity contribution in [2.24, 2.45) is 5.41 Å². The number of carboxylic acid groups (broad SMARTS) is 1. The topological polar surface area (TPSA) is 53.4 Å². The first-order chi connectivity index (χ1) is 9.96. The summed E-state index contributed by atoms with van der Waals surface area (Å²) in [6.45, 7) is 6.35. The van der Waals surface area contributed by atoms with Crippen LogP contribution in [0.1, 0.15) is 37.0 Å². The first-order valence-electron chi connectivity index (χ1n) is 7.34. The van der Waals surface area contributed by atoms with Gasteiger partial charge in [-0.2, -0.15) is 0 Å². The molecular formula is C17H20N2O2. The third kappa shape index (κ3) is 2.71. The van der Waals surface area contributed by atoms with Crippen molar-refractivity contribution in [1.82, 2.24) is 4.98 Å². The molecule has 0 saturated carbocycles. The molecule has 2 heterocycles. The van der Waals surface area contributed by atoms with Gasteiger partial charge in [0, 0.05) is 18.5 Å². The van der Waals surface area contributed by atoms with Crippen LogP contribution in [0.4, 0.5) is 5.82 Å². The minimum absolute atomic E-state index is 0.245. The summed E-state index contributed by atoms with van der Waals surface area (Å²) in [7, 11) is 0. The second kappa shape index (κ2) is 5.02. The number of rotatable bonds is 2. The molecule has 0 unspecified atom stereocenters. The van der Waals surface area contributed by atoms with Crippen LogP contribution in [-0.4, -0.2) is 29.1 Å². The van der Waals surface area contributed by atoms with Crippen LogP contribution in [0.2, 0.25) is 0 Å². The van der Waals surface area contributed by atoms with Gasteiger partial charge in [0.25, 0.3) is 0 Å². The Hall–Kier alpha value is -2.10. The second-order valence-electron chi connectivity index (χ2n) is 6.54. The lowest BCUT2D eigenvalue weighted by Gasteiger charge is -2.38. The minimum atomic E-state index is -0.897. The molecule has 4 heteroatoms. The van der Waals surface area contributed by atoms with E-state index in [0.717, 1.165) is 30.8 Å². The molecule has 1 saturated heterocycles. The van der Waals surface area contributed by atoms with Gasteiger partial charge in [-0.25, -0.2) is 9.78 Å². The number of pyridine rings is 1. The fraction of sp³-hybridized carbons (Fsp3) is 0.412. The van der Waals surface area contributed by atoms with E-state index in [9.17, 15) is 9.90 Å². The highest BCUT2D eigenvalue weighted by Gasteiger charge is 2.27. The van der Waals surface area contributed by atoms with E-state index in [1.807, 2.05) is 24.3 Å². The zero-order valence-electron chi connectivity index (χ0n) is 12.5. The lowest BCUT2D eigenvalue weighted by atomic mass is 9.84. The number of benzene rings is 1. The smallest absolute Gasteiger partial charge is 0.336 e. The average Bonchev–Trinajstić information content (AvgIpc) is 2.45. The van der Waals surface area contributed by atoms with Crippen LogP contribution < -0.4 is 4.90 Å². The number of carboxylic acids is 1. The van der Waals surface area contributed by atoms with E-state index < -0.39 is 5.97 Å². The summed E-state index contributed by atoms with van der Waals surface area (Å²) in [6.07, 6.45) is 2.31. The van der Waals surface area contributed by atoms with Gasteiger partial charge in [0.05, 0.1) is 11.1 Å². The molecule has 1 N–H and O–H groups in total. The van der Waals surface area contributed by atoms with Gasteiger partial charge in [0.15, 0.2) is 0 Å². The number of hydrogen-bond donors (Lipinski definition) is 1. The van der Waals surface area contributed by atoms with Crippen LogP contribution in [0.3, 0.4) is 0 Å². The van der Waals surface area contributed by atoms with Crippen LogP contribution in [0.25, 0.3) is 10.9 Å². The Labute approximate surface area is 124 Å². The summed E-state index contributed by atoms with van der Waals surface area (Å²) >= 11 is 0. The Morgan fingerprint density at radius 2 is 2.10 bits per heavy atom. The summed E-state index contributed by atoms with van der Waals surface area (Å²) in [5, 5.41) is 10.2. The third-order valence-corrected chi connectivity index (χ3v) is 4.16. The van der Waals surface area contributed by atoms with Gasteiger partial charge in [-0.3, -0.25) is 0 Å². The number of hydrogen-bond acceptors (Lipinski definition) is 3. The Morgan fingerprint density at radius 3 is 2.81 bits per heavy atom. The van der Waals surface area contributed by atoms with Gasteiger partial charge in [-0.05, 0) is 30.4 Å². The molecule has 2 aromatic rings. The number of fused-ring (bicyclic) bond motifs is 1. The van der Waals surface area contributed by atoms with E-state index in [1.54, 1.807) is 6.07 Å². The number of aromatic nitrogens is 1. The molecule has 1 aromatic heterocycles. The molecule has 0 bridgehead atoms. The molecule has 0 spiro atoms. The molecule has 1 aliphatic rings.